The Labute approximate surface area is 157 Å². The van der Waals surface area contributed by atoms with Gasteiger partial charge in [0.1, 0.15) is 10.6 Å². The van der Waals surface area contributed by atoms with E-state index in [-0.39, 0.29) is 0 Å². The molecule has 5 rings (SSSR count). The lowest BCUT2D eigenvalue weighted by atomic mass is 9.84. The number of thiophene rings is 1. The van der Waals surface area contributed by atoms with Crippen LogP contribution < -0.4 is 5.73 Å². The monoisotopic (exact) mass is 365 g/mol. The van der Waals surface area contributed by atoms with E-state index >= 15 is 0 Å². The third kappa shape index (κ3) is 3.75. The van der Waals surface area contributed by atoms with Crippen LogP contribution in [0, 0.1) is 0 Å². The number of anilines is 1. The van der Waals surface area contributed by atoms with Crippen molar-refractivity contribution in [2.75, 3.05) is 12.8 Å². The first-order chi connectivity index (χ1) is 12.7. The molecule has 0 unspecified atom stereocenters. The van der Waals surface area contributed by atoms with E-state index in [1.807, 2.05) is 12.3 Å². The zero-order valence-corrected chi connectivity index (χ0v) is 15.8. The zero-order valence-electron chi connectivity index (χ0n) is 15.0. The minimum absolute atomic E-state index is 0.462. The Hall–Kier alpha value is -2.34. The number of aromatic nitrogens is 3. The minimum Gasteiger partial charge on any atom is -0.383 e. The molecular weight excluding hydrogens is 342 g/mol. The van der Waals surface area contributed by atoms with Gasteiger partial charge in [0.05, 0.1) is 0 Å². The molecule has 134 valence electrons. The van der Waals surface area contributed by atoms with Gasteiger partial charge in [-0.05, 0) is 30.9 Å². The third-order valence-electron chi connectivity index (χ3n) is 4.63. The maximum Gasteiger partial charge on any atom is 0.162 e. The summed E-state index contributed by atoms with van der Waals surface area (Å²) in [7, 11) is 1.71. The van der Waals surface area contributed by atoms with E-state index in [2.05, 4.69) is 21.0 Å². The highest BCUT2D eigenvalue weighted by molar-refractivity contribution is 7.18. The van der Waals surface area contributed by atoms with E-state index in [9.17, 15) is 0 Å². The number of nitrogens with two attached hydrogens (primary N) is 1. The number of fused-ring (bicyclic) bond motifs is 1. The van der Waals surface area contributed by atoms with Gasteiger partial charge in [0.25, 0.3) is 0 Å². The zero-order chi connectivity index (χ0) is 17.9. The van der Waals surface area contributed by atoms with Crippen LogP contribution in [0.3, 0.4) is 0 Å². The maximum atomic E-state index is 5.86. The summed E-state index contributed by atoms with van der Waals surface area (Å²) in [5.74, 6) is 1.87. The molecule has 0 saturated heterocycles. The molecular formula is C20H23N5S. The van der Waals surface area contributed by atoms with Crippen molar-refractivity contribution < 1.29 is 0 Å². The second-order valence-corrected chi connectivity index (χ2v) is 7.94. The number of pyridine rings is 1. The topological polar surface area (TPSA) is 77.0 Å². The van der Waals surface area contributed by atoms with Crippen LogP contribution >= 0.6 is 11.3 Å². The second-order valence-electron chi connectivity index (χ2n) is 6.88. The summed E-state index contributed by atoms with van der Waals surface area (Å²) in [5, 5.41) is 1.12. The summed E-state index contributed by atoms with van der Waals surface area (Å²) < 4.78 is 0. The number of nitrogens with zero attached hydrogens (tertiary/aromatic N) is 4. The van der Waals surface area contributed by atoms with Crippen molar-refractivity contribution in [3.63, 3.8) is 0 Å². The van der Waals surface area contributed by atoms with Crippen molar-refractivity contribution >= 4 is 33.6 Å². The van der Waals surface area contributed by atoms with Crippen LogP contribution in [0.5, 0.6) is 0 Å². The summed E-state index contributed by atoms with van der Waals surface area (Å²) in [6, 6.07) is 4.17. The van der Waals surface area contributed by atoms with Gasteiger partial charge in [-0.15, -0.1) is 11.3 Å². The molecule has 3 aromatic rings. The Morgan fingerprint density at radius 2 is 1.92 bits per heavy atom. The second kappa shape index (κ2) is 7.50. The van der Waals surface area contributed by atoms with E-state index in [0.29, 0.717) is 11.6 Å². The molecule has 0 radical (unpaired) electrons. The molecule has 26 heavy (non-hydrogen) atoms. The molecule has 6 heteroatoms. The van der Waals surface area contributed by atoms with E-state index in [0.717, 1.165) is 27.3 Å². The first-order valence-corrected chi connectivity index (χ1v) is 10.0. The van der Waals surface area contributed by atoms with Gasteiger partial charge in [0, 0.05) is 47.0 Å². The molecule has 3 heterocycles. The van der Waals surface area contributed by atoms with Gasteiger partial charge in [0.15, 0.2) is 5.82 Å². The Balaban J connectivity index is 0.000000510. The molecule has 2 aliphatic rings. The van der Waals surface area contributed by atoms with Crippen molar-refractivity contribution in [2.45, 2.75) is 44.4 Å². The van der Waals surface area contributed by atoms with Gasteiger partial charge in [-0.25, -0.2) is 15.0 Å². The highest BCUT2D eigenvalue weighted by Gasteiger charge is 2.22. The van der Waals surface area contributed by atoms with Crippen LogP contribution in [0.15, 0.2) is 29.5 Å². The van der Waals surface area contributed by atoms with Gasteiger partial charge in [0.2, 0.25) is 0 Å². The lowest BCUT2D eigenvalue weighted by Crippen LogP contribution is -2.06. The molecule has 0 bridgehead atoms. The molecule has 2 aliphatic carbocycles. The largest absolute Gasteiger partial charge is 0.383 e. The molecule has 3 aromatic heterocycles. The van der Waals surface area contributed by atoms with E-state index in [1.165, 1.54) is 43.4 Å². The predicted molar refractivity (Wildman–Crippen MR) is 109 cm³/mol. The van der Waals surface area contributed by atoms with Crippen molar-refractivity contribution in [1.82, 2.24) is 15.0 Å². The van der Waals surface area contributed by atoms with Crippen LogP contribution in [0.2, 0.25) is 0 Å². The first kappa shape index (κ1) is 17.1. The fourth-order valence-electron chi connectivity index (χ4n) is 2.74. The molecule has 0 aliphatic heterocycles. The van der Waals surface area contributed by atoms with Gasteiger partial charge in [-0.1, -0.05) is 25.7 Å². The van der Waals surface area contributed by atoms with Crippen molar-refractivity contribution in [3.05, 3.63) is 35.0 Å². The molecule has 2 fully saturated rings. The Kier molecular flexibility index (Phi) is 4.93. The molecule has 2 saturated carbocycles. The predicted octanol–water partition coefficient (Wildman–Crippen LogP) is 4.82. The van der Waals surface area contributed by atoms with E-state index < -0.39 is 0 Å². The fourth-order valence-corrected chi connectivity index (χ4v) is 3.91. The molecule has 0 aromatic carbocycles. The van der Waals surface area contributed by atoms with Crippen LogP contribution in [-0.2, 0) is 0 Å². The molecule has 0 atom stereocenters. The molecule has 2 N–H and O–H groups in total. The van der Waals surface area contributed by atoms with E-state index in [4.69, 9.17) is 10.7 Å². The number of aliphatic imine (C=N–C) groups is 1. The lowest BCUT2D eigenvalue weighted by Gasteiger charge is -2.23. The Bertz CT molecular complexity index is 938. The molecule has 5 nitrogen and oxygen atoms in total. The maximum absolute atomic E-state index is 5.86. The first-order valence-electron chi connectivity index (χ1n) is 9.19. The van der Waals surface area contributed by atoms with Crippen LogP contribution in [-0.4, -0.2) is 28.2 Å². The van der Waals surface area contributed by atoms with Crippen molar-refractivity contribution in [2.24, 2.45) is 4.99 Å². The smallest absolute Gasteiger partial charge is 0.162 e. The van der Waals surface area contributed by atoms with Gasteiger partial charge >= 0.3 is 0 Å². The Morgan fingerprint density at radius 3 is 2.58 bits per heavy atom. The van der Waals surface area contributed by atoms with Gasteiger partial charge in [-0.2, -0.15) is 0 Å². The SMILES string of the molecule is C1CC1.CN=Cc1cc(-c2ncc3cc(C4CCC4)sc3n2)cnc1N. The lowest BCUT2D eigenvalue weighted by molar-refractivity contribution is 0.426. The summed E-state index contributed by atoms with van der Waals surface area (Å²) >= 11 is 1.79. The summed E-state index contributed by atoms with van der Waals surface area (Å²) in [4.78, 5) is 19.9. The third-order valence-corrected chi connectivity index (χ3v) is 5.84. The van der Waals surface area contributed by atoms with Crippen LogP contribution in [0.25, 0.3) is 21.6 Å². The number of hydrogen-bond donors (Lipinski definition) is 1. The van der Waals surface area contributed by atoms with Gasteiger partial charge in [-0.3, -0.25) is 4.99 Å². The van der Waals surface area contributed by atoms with Gasteiger partial charge < -0.3 is 5.73 Å². The summed E-state index contributed by atoms with van der Waals surface area (Å²) in [5.41, 5.74) is 7.50. The molecule has 0 amide bonds. The minimum atomic E-state index is 0.462. The van der Waals surface area contributed by atoms with Crippen LogP contribution in [0.4, 0.5) is 5.82 Å². The highest BCUT2D eigenvalue weighted by Crippen LogP contribution is 2.41. The summed E-state index contributed by atoms with van der Waals surface area (Å²) in [6.07, 6.45) is 13.8. The number of rotatable bonds is 3. The number of hydrogen-bond acceptors (Lipinski definition) is 6. The average Bonchev–Trinajstić information content (AvgIpc) is 3.42. The van der Waals surface area contributed by atoms with Crippen molar-refractivity contribution in [1.29, 1.82) is 0 Å². The fraction of sp³-hybridized carbons (Fsp3) is 0.400. The number of nitrogen functional groups attached to an aromatic ring is 1. The van der Waals surface area contributed by atoms with E-state index in [1.54, 1.807) is 30.8 Å². The standard InChI is InChI=1S/C17H17N5S.C3H6/c1-19-7-11-5-12(8-20-15(11)18)16-21-9-13-6-14(10-3-2-4-10)23-17(13)22-16;1-2-3-1/h5-10H,2-4H2,1H3,(H2,18,20);1-3H2. The summed E-state index contributed by atoms with van der Waals surface area (Å²) in [6.45, 7) is 0. The highest BCUT2D eigenvalue weighted by atomic mass is 32.1. The average molecular weight is 366 g/mol. The van der Waals surface area contributed by atoms with Crippen LogP contribution in [0.1, 0.15) is 54.9 Å². The molecule has 0 spiro atoms. The quantitative estimate of drug-likeness (QED) is 0.675. The Morgan fingerprint density at radius 1 is 1.12 bits per heavy atom. The van der Waals surface area contributed by atoms with Crippen molar-refractivity contribution in [3.8, 4) is 11.4 Å². The normalized spacial score (nSPS) is 16.3.